The van der Waals surface area contributed by atoms with Crippen molar-refractivity contribution in [1.82, 2.24) is 0 Å². The van der Waals surface area contributed by atoms with Crippen LogP contribution in [0.2, 0.25) is 0 Å². The molecule has 3 aromatic carbocycles. The molecule has 0 bridgehead atoms. The van der Waals surface area contributed by atoms with Gasteiger partial charge in [-0.15, -0.1) is 0 Å². The van der Waals surface area contributed by atoms with Crippen LogP contribution < -0.4 is 10.1 Å². The molecule has 3 aromatic rings. The van der Waals surface area contributed by atoms with Gasteiger partial charge in [0, 0.05) is 12.2 Å². The first kappa shape index (κ1) is 17.8. The number of benzene rings is 3. The molecule has 134 valence electrons. The minimum Gasteiger partial charge on any atom is -0.494 e. The monoisotopic (exact) mass is 349 g/mol. The predicted octanol–water partition coefficient (Wildman–Crippen LogP) is 5.12. The number of ether oxygens (including phenoxy) is 1. The van der Waals surface area contributed by atoms with Crippen molar-refractivity contribution >= 4 is 22.4 Å². The highest BCUT2D eigenvalue weighted by molar-refractivity contribution is 5.94. The number of aryl methyl sites for hydroxylation is 1. The number of unbranched alkanes of at least 4 members (excludes halogenated alkanes) is 1. The quantitative estimate of drug-likeness (QED) is 0.554. The fraction of sp³-hybridized carbons (Fsp3) is 0.227. The molecule has 0 fully saturated rings. The number of anilines is 1. The summed E-state index contributed by atoms with van der Waals surface area (Å²) in [6.45, 7) is 3.24. The third kappa shape index (κ3) is 4.54. The van der Waals surface area contributed by atoms with Crippen molar-refractivity contribution in [2.24, 2.45) is 0 Å². The average Bonchev–Trinajstić information content (AvgIpc) is 2.65. The van der Waals surface area contributed by atoms with E-state index < -0.39 is 5.97 Å². The smallest absolute Gasteiger partial charge is 0.337 e. The lowest BCUT2D eigenvalue weighted by molar-refractivity contribution is 0.0698. The molecule has 0 aliphatic heterocycles. The number of aromatic carboxylic acids is 1. The standard InChI is InChI=1S/C22H23NO3/c1-16-8-11-21(20(14-16)22(24)25)23-12-4-5-13-26-19-10-9-17-6-2-3-7-18(17)15-19/h2-3,6-11,14-15,23H,4-5,12-13H2,1H3,(H,24,25). The van der Waals surface area contributed by atoms with Gasteiger partial charge < -0.3 is 15.2 Å². The van der Waals surface area contributed by atoms with Crippen LogP contribution in [0, 0.1) is 6.92 Å². The van der Waals surface area contributed by atoms with Gasteiger partial charge in [-0.25, -0.2) is 4.79 Å². The Morgan fingerprint density at radius 3 is 2.62 bits per heavy atom. The van der Waals surface area contributed by atoms with Crippen molar-refractivity contribution in [3.63, 3.8) is 0 Å². The molecule has 0 heterocycles. The molecule has 26 heavy (non-hydrogen) atoms. The number of hydrogen-bond acceptors (Lipinski definition) is 3. The summed E-state index contributed by atoms with van der Waals surface area (Å²) in [5.41, 5.74) is 1.92. The van der Waals surface area contributed by atoms with Crippen LogP contribution in [-0.2, 0) is 0 Å². The number of fused-ring (bicyclic) bond motifs is 1. The van der Waals surface area contributed by atoms with Crippen molar-refractivity contribution < 1.29 is 14.6 Å². The highest BCUT2D eigenvalue weighted by Gasteiger charge is 2.09. The highest BCUT2D eigenvalue weighted by Crippen LogP contribution is 2.21. The van der Waals surface area contributed by atoms with Crippen molar-refractivity contribution in [3.8, 4) is 5.75 Å². The molecule has 4 heteroatoms. The summed E-state index contributed by atoms with van der Waals surface area (Å²) in [4.78, 5) is 11.3. The lowest BCUT2D eigenvalue weighted by Gasteiger charge is -2.11. The molecule has 0 aromatic heterocycles. The van der Waals surface area contributed by atoms with E-state index in [9.17, 15) is 9.90 Å². The van der Waals surface area contributed by atoms with Crippen LogP contribution in [0.3, 0.4) is 0 Å². The molecule has 2 N–H and O–H groups in total. The summed E-state index contributed by atoms with van der Waals surface area (Å²) in [7, 11) is 0. The first-order valence-electron chi connectivity index (χ1n) is 8.83. The first-order valence-corrected chi connectivity index (χ1v) is 8.83. The minimum absolute atomic E-state index is 0.317. The van der Waals surface area contributed by atoms with Crippen LogP contribution in [0.1, 0.15) is 28.8 Å². The van der Waals surface area contributed by atoms with E-state index in [1.807, 2.05) is 37.3 Å². The number of hydrogen-bond donors (Lipinski definition) is 2. The zero-order valence-corrected chi connectivity index (χ0v) is 14.9. The average molecular weight is 349 g/mol. The molecule has 0 radical (unpaired) electrons. The maximum atomic E-state index is 11.3. The topological polar surface area (TPSA) is 58.6 Å². The van der Waals surface area contributed by atoms with Gasteiger partial charge in [0.25, 0.3) is 0 Å². The lowest BCUT2D eigenvalue weighted by Crippen LogP contribution is -2.09. The van der Waals surface area contributed by atoms with Gasteiger partial charge in [-0.05, 0) is 54.8 Å². The fourth-order valence-electron chi connectivity index (χ4n) is 2.89. The van der Waals surface area contributed by atoms with Crippen LogP contribution in [0.25, 0.3) is 10.8 Å². The largest absolute Gasteiger partial charge is 0.494 e. The number of carbonyl (C=O) groups is 1. The summed E-state index contributed by atoms with van der Waals surface area (Å²) in [5.74, 6) is -0.0285. The zero-order valence-electron chi connectivity index (χ0n) is 14.9. The molecule has 3 rings (SSSR count). The molecule has 4 nitrogen and oxygen atoms in total. The SMILES string of the molecule is Cc1ccc(NCCCCOc2ccc3ccccc3c2)c(C(=O)O)c1. The van der Waals surface area contributed by atoms with Gasteiger partial charge >= 0.3 is 5.97 Å². The number of carboxylic acid groups (broad SMARTS) is 1. The number of rotatable bonds is 8. The Morgan fingerprint density at radius 1 is 1.00 bits per heavy atom. The zero-order chi connectivity index (χ0) is 18.4. The molecular formula is C22H23NO3. The number of carboxylic acids is 1. The normalized spacial score (nSPS) is 10.7. The Labute approximate surface area is 153 Å². The van der Waals surface area contributed by atoms with Crippen molar-refractivity contribution in [2.45, 2.75) is 19.8 Å². The van der Waals surface area contributed by atoms with E-state index in [1.54, 1.807) is 6.07 Å². The maximum absolute atomic E-state index is 11.3. The van der Waals surface area contributed by atoms with Gasteiger partial charge in [0.2, 0.25) is 0 Å². The Bertz CT molecular complexity index is 905. The second kappa shape index (κ2) is 8.39. The van der Waals surface area contributed by atoms with E-state index in [4.69, 9.17) is 4.74 Å². The molecule has 0 aliphatic rings. The summed E-state index contributed by atoms with van der Waals surface area (Å²) in [6, 6.07) is 19.8. The highest BCUT2D eigenvalue weighted by atomic mass is 16.5. The minimum atomic E-state index is -0.907. The Hall–Kier alpha value is -3.01. The van der Waals surface area contributed by atoms with E-state index in [2.05, 4.69) is 29.6 Å². The van der Waals surface area contributed by atoms with Crippen LogP contribution in [0.4, 0.5) is 5.69 Å². The van der Waals surface area contributed by atoms with E-state index in [-0.39, 0.29) is 0 Å². The Morgan fingerprint density at radius 2 is 1.81 bits per heavy atom. The first-order chi connectivity index (χ1) is 12.6. The van der Waals surface area contributed by atoms with Gasteiger partial charge in [-0.2, -0.15) is 0 Å². The second-order valence-corrected chi connectivity index (χ2v) is 6.35. The lowest BCUT2D eigenvalue weighted by atomic mass is 10.1. The summed E-state index contributed by atoms with van der Waals surface area (Å²) < 4.78 is 5.82. The third-order valence-corrected chi connectivity index (χ3v) is 4.28. The molecule has 0 saturated heterocycles. The molecule has 0 aliphatic carbocycles. The van der Waals surface area contributed by atoms with Gasteiger partial charge in [-0.1, -0.05) is 42.0 Å². The van der Waals surface area contributed by atoms with Gasteiger partial charge in [-0.3, -0.25) is 0 Å². The van der Waals surface area contributed by atoms with E-state index in [0.717, 1.165) is 24.2 Å². The van der Waals surface area contributed by atoms with Gasteiger partial charge in [0.15, 0.2) is 0 Å². The third-order valence-electron chi connectivity index (χ3n) is 4.28. The summed E-state index contributed by atoms with van der Waals surface area (Å²) >= 11 is 0. The second-order valence-electron chi connectivity index (χ2n) is 6.35. The fourth-order valence-corrected chi connectivity index (χ4v) is 2.89. The Kier molecular flexibility index (Phi) is 5.74. The maximum Gasteiger partial charge on any atom is 0.337 e. The van der Waals surface area contributed by atoms with Gasteiger partial charge in [0.1, 0.15) is 5.75 Å². The van der Waals surface area contributed by atoms with Crippen molar-refractivity contribution in [2.75, 3.05) is 18.5 Å². The summed E-state index contributed by atoms with van der Waals surface area (Å²) in [6.07, 6.45) is 1.80. The van der Waals surface area contributed by atoms with E-state index >= 15 is 0 Å². The molecular weight excluding hydrogens is 326 g/mol. The van der Waals surface area contributed by atoms with Crippen LogP contribution in [0.5, 0.6) is 5.75 Å². The summed E-state index contributed by atoms with van der Waals surface area (Å²) in [5, 5.41) is 14.9. The van der Waals surface area contributed by atoms with Gasteiger partial charge in [0.05, 0.1) is 12.2 Å². The van der Waals surface area contributed by atoms with Crippen LogP contribution >= 0.6 is 0 Å². The molecule has 0 atom stereocenters. The predicted molar refractivity (Wildman–Crippen MR) is 105 cm³/mol. The Balaban J connectivity index is 1.44. The molecule has 0 spiro atoms. The van der Waals surface area contributed by atoms with Crippen LogP contribution in [0.15, 0.2) is 60.7 Å². The molecule has 0 unspecified atom stereocenters. The molecule has 0 amide bonds. The molecule has 0 saturated carbocycles. The number of nitrogens with one attached hydrogen (secondary N) is 1. The van der Waals surface area contributed by atoms with Crippen molar-refractivity contribution in [3.05, 3.63) is 71.8 Å². The van der Waals surface area contributed by atoms with Crippen LogP contribution in [-0.4, -0.2) is 24.2 Å². The van der Waals surface area contributed by atoms with E-state index in [1.165, 1.54) is 10.8 Å². The van der Waals surface area contributed by atoms with E-state index in [0.29, 0.717) is 24.4 Å². The van der Waals surface area contributed by atoms with Crippen molar-refractivity contribution in [1.29, 1.82) is 0 Å².